The highest BCUT2D eigenvalue weighted by molar-refractivity contribution is 5.69. The Morgan fingerprint density at radius 2 is 2.00 bits per heavy atom. The molecule has 2 aromatic rings. The second kappa shape index (κ2) is 6.10. The van der Waals surface area contributed by atoms with E-state index in [0.717, 1.165) is 31.4 Å². The molecule has 1 fully saturated rings. The SMILES string of the molecule is N#CC1CCC(c2cnc(N)c(-c3cccc(F)c3)n2)CC1. The van der Waals surface area contributed by atoms with Gasteiger partial charge in [0.25, 0.3) is 0 Å². The van der Waals surface area contributed by atoms with Gasteiger partial charge in [-0.3, -0.25) is 0 Å². The molecule has 3 rings (SSSR count). The minimum Gasteiger partial charge on any atom is -0.382 e. The third-order valence-corrected chi connectivity index (χ3v) is 4.25. The fourth-order valence-corrected chi connectivity index (χ4v) is 2.98. The van der Waals surface area contributed by atoms with Gasteiger partial charge in [0.15, 0.2) is 0 Å². The van der Waals surface area contributed by atoms with E-state index in [1.54, 1.807) is 18.3 Å². The molecule has 0 radical (unpaired) electrons. The third-order valence-electron chi connectivity index (χ3n) is 4.25. The summed E-state index contributed by atoms with van der Waals surface area (Å²) in [6.07, 6.45) is 5.35. The zero-order valence-electron chi connectivity index (χ0n) is 12.2. The van der Waals surface area contributed by atoms with Gasteiger partial charge in [-0.15, -0.1) is 0 Å². The van der Waals surface area contributed by atoms with Crippen LogP contribution in [0.15, 0.2) is 30.5 Å². The van der Waals surface area contributed by atoms with E-state index in [9.17, 15) is 4.39 Å². The Hall–Kier alpha value is -2.48. The Labute approximate surface area is 128 Å². The Morgan fingerprint density at radius 1 is 1.23 bits per heavy atom. The topological polar surface area (TPSA) is 75.6 Å². The minimum atomic E-state index is -0.321. The molecule has 1 aromatic carbocycles. The van der Waals surface area contributed by atoms with E-state index in [-0.39, 0.29) is 11.7 Å². The number of aromatic nitrogens is 2. The van der Waals surface area contributed by atoms with Gasteiger partial charge in [0.1, 0.15) is 17.3 Å². The summed E-state index contributed by atoms with van der Waals surface area (Å²) in [5.41, 5.74) is 7.95. The number of nitrogens with two attached hydrogens (primary N) is 1. The molecule has 112 valence electrons. The fourth-order valence-electron chi connectivity index (χ4n) is 2.98. The Kier molecular flexibility index (Phi) is 4.01. The van der Waals surface area contributed by atoms with Crippen molar-refractivity contribution < 1.29 is 4.39 Å². The molecule has 5 heteroatoms. The van der Waals surface area contributed by atoms with Gasteiger partial charge < -0.3 is 5.73 Å². The van der Waals surface area contributed by atoms with Crippen LogP contribution in [-0.4, -0.2) is 9.97 Å². The van der Waals surface area contributed by atoms with Gasteiger partial charge >= 0.3 is 0 Å². The van der Waals surface area contributed by atoms with Crippen LogP contribution in [0.25, 0.3) is 11.3 Å². The van der Waals surface area contributed by atoms with Crippen molar-refractivity contribution >= 4 is 5.82 Å². The lowest BCUT2D eigenvalue weighted by Crippen LogP contribution is -2.14. The second-order valence-corrected chi connectivity index (χ2v) is 5.72. The maximum absolute atomic E-state index is 13.4. The molecule has 0 atom stereocenters. The number of nitrogens with zero attached hydrogens (tertiary/aromatic N) is 3. The molecule has 0 bridgehead atoms. The van der Waals surface area contributed by atoms with Crippen molar-refractivity contribution in [2.75, 3.05) is 5.73 Å². The van der Waals surface area contributed by atoms with Gasteiger partial charge in [0.2, 0.25) is 0 Å². The minimum absolute atomic E-state index is 0.153. The number of nitriles is 1. The number of nitrogen functional groups attached to an aromatic ring is 1. The molecule has 0 amide bonds. The largest absolute Gasteiger partial charge is 0.382 e. The summed E-state index contributed by atoms with van der Waals surface area (Å²) in [5, 5.41) is 8.97. The molecule has 1 heterocycles. The van der Waals surface area contributed by atoms with Gasteiger partial charge in [-0.2, -0.15) is 5.26 Å². The summed E-state index contributed by atoms with van der Waals surface area (Å²) >= 11 is 0. The van der Waals surface area contributed by atoms with Crippen molar-refractivity contribution in [3.05, 3.63) is 42.0 Å². The van der Waals surface area contributed by atoms with Crippen LogP contribution in [0.4, 0.5) is 10.2 Å². The summed E-state index contributed by atoms with van der Waals surface area (Å²) < 4.78 is 13.4. The van der Waals surface area contributed by atoms with Crippen LogP contribution in [0.5, 0.6) is 0 Å². The van der Waals surface area contributed by atoms with E-state index in [1.165, 1.54) is 12.1 Å². The molecule has 2 N–H and O–H groups in total. The summed E-state index contributed by atoms with van der Waals surface area (Å²) in [7, 11) is 0. The van der Waals surface area contributed by atoms with Crippen molar-refractivity contribution in [2.24, 2.45) is 5.92 Å². The van der Waals surface area contributed by atoms with Crippen molar-refractivity contribution in [1.29, 1.82) is 5.26 Å². The van der Waals surface area contributed by atoms with E-state index < -0.39 is 0 Å². The Morgan fingerprint density at radius 3 is 2.68 bits per heavy atom. The lowest BCUT2D eigenvalue weighted by Gasteiger charge is -2.24. The quantitative estimate of drug-likeness (QED) is 0.917. The Bertz CT molecular complexity index is 715. The van der Waals surface area contributed by atoms with Gasteiger partial charge in [0.05, 0.1) is 18.0 Å². The standard InChI is InChI=1S/C17H17FN4/c18-14-3-1-2-13(8-14)16-17(20)21-10-15(22-16)12-6-4-11(9-19)5-7-12/h1-3,8,10-12H,4-7H2,(H2,20,21). The average molecular weight is 296 g/mol. The maximum Gasteiger partial charge on any atom is 0.150 e. The number of halogens is 1. The summed E-state index contributed by atoms with van der Waals surface area (Å²) in [6.45, 7) is 0. The van der Waals surface area contributed by atoms with Crippen molar-refractivity contribution in [3.8, 4) is 17.3 Å². The monoisotopic (exact) mass is 296 g/mol. The molecule has 1 aliphatic carbocycles. The van der Waals surface area contributed by atoms with Gasteiger partial charge in [-0.25, -0.2) is 14.4 Å². The summed E-state index contributed by atoms with van der Waals surface area (Å²) in [4.78, 5) is 8.85. The van der Waals surface area contributed by atoms with E-state index >= 15 is 0 Å². The number of anilines is 1. The fraction of sp³-hybridized carbons (Fsp3) is 0.353. The highest BCUT2D eigenvalue weighted by atomic mass is 19.1. The highest BCUT2D eigenvalue weighted by Crippen LogP contribution is 2.35. The van der Waals surface area contributed by atoms with Crippen LogP contribution < -0.4 is 5.73 Å². The molecule has 1 aromatic heterocycles. The zero-order valence-corrected chi connectivity index (χ0v) is 12.2. The highest BCUT2D eigenvalue weighted by Gasteiger charge is 2.24. The van der Waals surface area contributed by atoms with Gasteiger partial charge in [0, 0.05) is 17.4 Å². The molecule has 1 saturated carbocycles. The smallest absolute Gasteiger partial charge is 0.150 e. The predicted octanol–water partition coefficient (Wildman–Crippen LogP) is 3.66. The van der Waals surface area contributed by atoms with Crippen molar-refractivity contribution in [2.45, 2.75) is 31.6 Å². The number of hydrogen-bond donors (Lipinski definition) is 1. The molecule has 0 unspecified atom stereocenters. The van der Waals surface area contributed by atoms with Gasteiger partial charge in [-0.05, 0) is 37.8 Å². The first-order valence-corrected chi connectivity index (χ1v) is 7.45. The van der Waals surface area contributed by atoms with Crippen LogP contribution in [0, 0.1) is 23.1 Å². The third kappa shape index (κ3) is 2.91. The molecular formula is C17H17FN4. The maximum atomic E-state index is 13.4. The molecular weight excluding hydrogens is 279 g/mol. The number of hydrogen-bond acceptors (Lipinski definition) is 4. The molecule has 1 aliphatic rings. The summed E-state index contributed by atoms with van der Waals surface area (Å²) in [6, 6.07) is 8.55. The Balaban J connectivity index is 1.89. The lowest BCUT2D eigenvalue weighted by atomic mass is 9.81. The van der Waals surface area contributed by atoms with E-state index in [2.05, 4.69) is 16.0 Å². The van der Waals surface area contributed by atoms with Crippen LogP contribution in [-0.2, 0) is 0 Å². The normalized spacial score (nSPS) is 21.3. The van der Waals surface area contributed by atoms with Crippen LogP contribution >= 0.6 is 0 Å². The van der Waals surface area contributed by atoms with Gasteiger partial charge in [-0.1, -0.05) is 12.1 Å². The predicted molar refractivity (Wildman–Crippen MR) is 82.2 cm³/mol. The van der Waals surface area contributed by atoms with Crippen LogP contribution in [0.2, 0.25) is 0 Å². The van der Waals surface area contributed by atoms with Crippen molar-refractivity contribution in [3.63, 3.8) is 0 Å². The molecule has 0 aliphatic heterocycles. The first kappa shape index (κ1) is 14.5. The first-order valence-electron chi connectivity index (χ1n) is 7.45. The van der Waals surface area contributed by atoms with Crippen LogP contribution in [0.1, 0.15) is 37.3 Å². The average Bonchev–Trinajstić information content (AvgIpc) is 2.55. The van der Waals surface area contributed by atoms with E-state index in [1.807, 2.05) is 0 Å². The lowest BCUT2D eigenvalue weighted by molar-refractivity contribution is 0.377. The molecule has 4 nitrogen and oxygen atoms in total. The van der Waals surface area contributed by atoms with E-state index in [4.69, 9.17) is 11.0 Å². The molecule has 22 heavy (non-hydrogen) atoms. The molecule has 0 saturated heterocycles. The first-order chi connectivity index (χ1) is 10.7. The number of benzene rings is 1. The van der Waals surface area contributed by atoms with Crippen molar-refractivity contribution in [1.82, 2.24) is 9.97 Å². The zero-order chi connectivity index (χ0) is 15.5. The summed E-state index contributed by atoms with van der Waals surface area (Å²) in [5.74, 6) is 0.435. The second-order valence-electron chi connectivity index (χ2n) is 5.72. The number of rotatable bonds is 2. The van der Waals surface area contributed by atoms with Crippen LogP contribution in [0.3, 0.4) is 0 Å². The molecule has 0 spiro atoms. The van der Waals surface area contributed by atoms with E-state index in [0.29, 0.717) is 23.0 Å².